The van der Waals surface area contributed by atoms with Crippen LogP contribution in [0.25, 0.3) is 6.08 Å². The molecule has 0 saturated carbocycles. The number of phenolic OH excluding ortho intramolecular Hbond substituents is 1. The molecule has 1 heterocycles. The predicted molar refractivity (Wildman–Crippen MR) is 111 cm³/mol. The lowest BCUT2D eigenvalue weighted by Crippen LogP contribution is -2.24. The Balaban J connectivity index is 2.08. The average Bonchev–Trinajstić information content (AvgIpc) is 2.95. The van der Waals surface area contributed by atoms with Crippen LogP contribution in [-0.4, -0.2) is 30.2 Å². The van der Waals surface area contributed by atoms with Crippen LogP contribution in [0.5, 0.6) is 11.5 Å². The van der Waals surface area contributed by atoms with Crippen molar-refractivity contribution < 1.29 is 24.2 Å². The second kappa shape index (κ2) is 8.65. The number of ether oxygens (including phenoxy) is 2. The molecule has 0 bridgehead atoms. The van der Waals surface area contributed by atoms with E-state index in [-0.39, 0.29) is 29.4 Å². The Morgan fingerprint density at radius 1 is 1.07 bits per heavy atom. The molecular formula is C23H23NO5. The SMILES string of the molecule is CCOC(=O)C1=C(C)N(c2ccc(OCC)cc2)C(=O)C1=Cc1ccccc1O. The molecule has 1 aliphatic heterocycles. The number of hydrogen-bond donors (Lipinski definition) is 1. The molecule has 29 heavy (non-hydrogen) atoms. The number of rotatable bonds is 6. The second-order valence-electron chi connectivity index (χ2n) is 6.37. The van der Waals surface area contributed by atoms with Crippen molar-refractivity contribution in [2.24, 2.45) is 0 Å². The Kier molecular flexibility index (Phi) is 6.02. The third-order valence-corrected chi connectivity index (χ3v) is 4.52. The molecule has 0 aromatic heterocycles. The Labute approximate surface area is 169 Å². The Morgan fingerprint density at radius 3 is 2.38 bits per heavy atom. The molecule has 0 aliphatic carbocycles. The van der Waals surface area contributed by atoms with Crippen LogP contribution in [0.15, 0.2) is 65.4 Å². The zero-order chi connectivity index (χ0) is 21.0. The maximum absolute atomic E-state index is 13.3. The minimum Gasteiger partial charge on any atom is -0.507 e. The summed E-state index contributed by atoms with van der Waals surface area (Å²) in [6, 6.07) is 13.7. The van der Waals surface area contributed by atoms with Gasteiger partial charge in [-0.3, -0.25) is 9.69 Å². The third kappa shape index (κ3) is 4.01. The first-order valence-electron chi connectivity index (χ1n) is 9.43. The smallest absolute Gasteiger partial charge is 0.340 e. The van der Waals surface area contributed by atoms with Gasteiger partial charge in [0.05, 0.1) is 24.4 Å². The second-order valence-corrected chi connectivity index (χ2v) is 6.37. The largest absolute Gasteiger partial charge is 0.507 e. The van der Waals surface area contributed by atoms with Crippen molar-refractivity contribution in [1.82, 2.24) is 0 Å². The highest BCUT2D eigenvalue weighted by Gasteiger charge is 2.38. The quantitative estimate of drug-likeness (QED) is 0.592. The standard InChI is InChI=1S/C23H23NO5/c1-4-28-18-12-10-17(11-13-18)24-15(3)21(23(27)29-5-2)19(22(24)26)14-16-8-6-7-9-20(16)25/h6-14,25H,4-5H2,1-3H3. The number of hydrogen-bond acceptors (Lipinski definition) is 5. The van der Waals surface area contributed by atoms with Crippen molar-refractivity contribution in [1.29, 1.82) is 0 Å². The van der Waals surface area contributed by atoms with Gasteiger partial charge in [0.1, 0.15) is 11.5 Å². The fourth-order valence-electron chi connectivity index (χ4n) is 3.22. The highest BCUT2D eigenvalue weighted by Crippen LogP contribution is 2.36. The summed E-state index contributed by atoms with van der Waals surface area (Å²) in [6.45, 7) is 6.04. The van der Waals surface area contributed by atoms with Crippen LogP contribution in [0.3, 0.4) is 0 Å². The molecule has 0 saturated heterocycles. The van der Waals surface area contributed by atoms with E-state index in [1.54, 1.807) is 56.3 Å². The highest BCUT2D eigenvalue weighted by molar-refractivity contribution is 6.23. The molecule has 0 spiro atoms. The van der Waals surface area contributed by atoms with Crippen LogP contribution in [0.4, 0.5) is 5.69 Å². The predicted octanol–water partition coefficient (Wildman–Crippen LogP) is 4.06. The zero-order valence-electron chi connectivity index (χ0n) is 16.6. The molecule has 0 atom stereocenters. The van der Waals surface area contributed by atoms with Gasteiger partial charge < -0.3 is 14.6 Å². The lowest BCUT2D eigenvalue weighted by atomic mass is 10.0. The summed E-state index contributed by atoms with van der Waals surface area (Å²) < 4.78 is 10.6. The van der Waals surface area contributed by atoms with Crippen molar-refractivity contribution in [3.8, 4) is 11.5 Å². The van der Waals surface area contributed by atoms with Gasteiger partial charge in [0.15, 0.2) is 0 Å². The molecule has 3 rings (SSSR count). The number of anilines is 1. The van der Waals surface area contributed by atoms with E-state index in [9.17, 15) is 14.7 Å². The number of aromatic hydroxyl groups is 1. The van der Waals surface area contributed by atoms with E-state index in [0.29, 0.717) is 29.3 Å². The topological polar surface area (TPSA) is 76.1 Å². The van der Waals surface area contributed by atoms with Gasteiger partial charge in [0, 0.05) is 16.9 Å². The molecule has 0 unspecified atom stereocenters. The Hall–Kier alpha value is -3.54. The first kappa shape index (κ1) is 20.2. The van der Waals surface area contributed by atoms with E-state index in [0.717, 1.165) is 0 Å². The van der Waals surface area contributed by atoms with Gasteiger partial charge in [-0.05, 0) is 57.2 Å². The third-order valence-electron chi connectivity index (χ3n) is 4.52. The number of benzene rings is 2. The number of allylic oxidation sites excluding steroid dienone is 1. The van der Waals surface area contributed by atoms with Crippen LogP contribution in [0.1, 0.15) is 26.3 Å². The van der Waals surface area contributed by atoms with E-state index < -0.39 is 5.97 Å². The van der Waals surface area contributed by atoms with Gasteiger partial charge >= 0.3 is 5.97 Å². The van der Waals surface area contributed by atoms with Crippen LogP contribution in [-0.2, 0) is 14.3 Å². The summed E-state index contributed by atoms with van der Waals surface area (Å²) >= 11 is 0. The number of para-hydroxylation sites is 1. The molecule has 2 aromatic carbocycles. The summed E-state index contributed by atoms with van der Waals surface area (Å²) in [5.74, 6) is -0.222. The Bertz CT molecular complexity index is 989. The number of amides is 1. The van der Waals surface area contributed by atoms with E-state index in [1.165, 1.54) is 17.0 Å². The fraction of sp³-hybridized carbons (Fsp3) is 0.217. The molecule has 0 radical (unpaired) electrons. The van der Waals surface area contributed by atoms with Crippen LogP contribution in [0.2, 0.25) is 0 Å². The first-order valence-corrected chi connectivity index (χ1v) is 9.43. The minimum absolute atomic E-state index is 0.0215. The van der Waals surface area contributed by atoms with Gasteiger partial charge in [-0.25, -0.2) is 4.79 Å². The number of phenols is 1. The summed E-state index contributed by atoms with van der Waals surface area (Å²) in [6.07, 6.45) is 1.52. The normalized spacial score (nSPS) is 15.2. The molecule has 150 valence electrons. The summed E-state index contributed by atoms with van der Waals surface area (Å²) in [4.78, 5) is 27.3. The molecular weight excluding hydrogens is 370 g/mol. The molecule has 6 heteroatoms. The van der Waals surface area contributed by atoms with Crippen molar-refractivity contribution in [3.63, 3.8) is 0 Å². The number of nitrogens with zero attached hydrogens (tertiary/aromatic N) is 1. The van der Waals surface area contributed by atoms with E-state index in [2.05, 4.69) is 0 Å². The van der Waals surface area contributed by atoms with Crippen LogP contribution >= 0.6 is 0 Å². The van der Waals surface area contributed by atoms with Gasteiger partial charge in [0.2, 0.25) is 0 Å². The highest BCUT2D eigenvalue weighted by atomic mass is 16.5. The molecule has 1 amide bonds. The van der Waals surface area contributed by atoms with Crippen molar-refractivity contribution >= 4 is 23.6 Å². The van der Waals surface area contributed by atoms with E-state index in [4.69, 9.17) is 9.47 Å². The Morgan fingerprint density at radius 2 is 1.76 bits per heavy atom. The van der Waals surface area contributed by atoms with Crippen LogP contribution in [0, 0.1) is 0 Å². The number of esters is 1. The summed E-state index contributed by atoms with van der Waals surface area (Å²) in [5, 5.41) is 10.1. The number of carbonyl (C=O) groups is 2. The van der Waals surface area contributed by atoms with Crippen LogP contribution < -0.4 is 9.64 Å². The summed E-state index contributed by atoms with van der Waals surface area (Å²) in [5.41, 5.74) is 1.89. The van der Waals surface area contributed by atoms with Gasteiger partial charge in [-0.15, -0.1) is 0 Å². The zero-order valence-corrected chi connectivity index (χ0v) is 16.6. The lowest BCUT2D eigenvalue weighted by Gasteiger charge is -2.18. The fourth-order valence-corrected chi connectivity index (χ4v) is 3.22. The molecule has 2 aromatic rings. The molecule has 0 fully saturated rings. The maximum atomic E-state index is 13.3. The van der Waals surface area contributed by atoms with Gasteiger partial charge in [-0.2, -0.15) is 0 Å². The minimum atomic E-state index is -0.576. The van der Waals surface area contributed by atoms with Crippen molar-refractivity contribution in [3.05, 3.63) is 70.9 Å². The maximum Gasteiger partial charge on any atom is 0.340 e. The van der Waals surface area contributed by atoms with Crippen molar-refractivity contribution in [2.75, 3.05) is 18.1 Å². The first-order chi connectivity index (χ1) is 14.0. The summed E-state index contributed by atoms with van der Waals surface area (Å²) in [7, 11) is 0. The van der Waals surface area contributed by atoms with Gasteiger partial charge in [-0.1, -0.05) is 18.2 Å². The number of carbonyl (C=O) groups excluding carboxylic acids is 2. The molecule has 1 N–H and O–H groups in total. The molecule has 1 aliphatic rings. The van der Waals surface area contributed by atoms with Crippen molar-refractivity contribution in [2.45, 2.75) is 20.8 Å². The average molecular weight is 393 g/mol. The monoisotopic (exact) mass is 393 g/mol. The van der Waals surface area contributed by atoms with E-state index >= 15 is 0 Å². The lowest BCUT2D eigenvalue weighted by molar-refractivity contribution is -0.138. The van der Waals surface area contributed by atoms with E-state index in [1.807, 2.05) is 6.92 Å². The molecule has 6 nitrogen and oxygen atoms in total. The van der Waals surface area contributed by atoms with Gasteiger partial charge in [0.25, 0.3) is 5.91 Å².